The molecule has 4 aliphatic rings. The van der Waals surface area contributed by atoms with E-state index in [1.807, 2.05) is 0 Å². The van der Waals surface area contributed by atoms with Crippen LogP contribution in [0.5, 0.6) is 0 Å². The molecule has 0 aromatic carbocycles. The third-order valence-corrected chi connectivity index (χ3v) is 11.9. The summed E-state index contributed by atoms with van der Waals surface area (Å²) in [6, 6.07) is 0. The molecule has 1 nitrogen and oxygen atoms in total. The van der Waals surface area contributed by atoms with Crippen LogP contribution < -0.4 is 0 Å². The third kappa shape index (κ3) is 4.58. The van der Waals surface area contributed by atoms with Gasteiger partial charge in [-0.25, -0.2) is 0 Å². The number of fused-ring (bicyclic) bond motifs is 5. The van der Waals surface area contributed by atoms with Crippen LogP contribution in [0.2, 0.25) is 19.6 Å². The molecule has 3 saturated carbocycles. The predicted octanol–water partition coefficient (Wildman–Crippen LogP) is 9.10. The molecule has 0 radical (unpaired) electrons. The summed E-state index contributed by atoms with van der Waals surface area (Å²) in [5.74, 6) is 6.22. The van der Waals surface area contributed by atoms with Gasteiger partial charge in [-0.3, -0.25) is 0 Å². The smallest absolute Gasteiger partial charge is 0.184 e. The zero-order valence-electron chi connectivity index (χ0n) is 22.8. The van der Waals surface area contributed by atoms with Crippen molar-refractivity contribution in [3.05, 3.63) is 12.2 Å². The van der Waals surface area contributed by atoms with E-state index in [1.165, 1.54) is 64.2 Å². The van der Waals surface area contributed by atoms with E-state index in [0.717, 1.165) is 41.4 Å². The highest BCUT2D eigenvalue weighted by Crippen LogP contribution is 2.68. The van der Waals surface area contributed by atoms with E-state index in [1.54, 1.807) is 0 Å². The monoisotopic (exact) mass is 458 g/mol. The molecule has 32 heavy (non-hydrogen) atoms. The van der Waals surface area contributed by atoms with Crippen molar-refractivity contribution >= 4 is 8.32 Å². The third-order valence-electron chi connectivity index (χ3n) is 10.9. The van der Waals surface area contributed by atoms with Gasteiger partial charge in [0.05, 0.1) is 0 Å². The second-order valence-electron chi connectivity index (χ2n) is 14.4. The lowest BCUT2D eigenvalue weighted by Crippen LogP contribution is -2.58. The van der Waals surface area contributed by atoms with Crippen molar-refractivity contribution in [3.63, 3.8) is 0 Å². The SMILES string of the molecule is CC(C)CCC[C@@H](C)[C@H]1CC[C@H]2[C@@H]3C[C@@H](O[Si](C)(C)C)[C@H]4CC=CC[C@]4(C)[C@H]3CC[C@]12C. The first-order valence-corrected chi connectivity index (χ1v) is 17.7. The number of allylic oxidation sites excluding steroid dienone is 2. The molecule has 0 amide bonds. The van der Waals surface area contributed by atoms with Crippen LogP contribution in [0, 0.1) is 52.3 Å². The van der Waals surface area contributed by atoms with Crippen molar-refractivity contribution in [1.82, 2.24) is 0 Å². The summed E-state index contributed by atoms with van der Waals surface area (Å²) >= 11 is 0. The van der Waals surface area contributed by atoms with E-state index >= 15 is 0 Å². The standard InChI is InChI=1S/C30H54OSi/c1-21(2)12-11-13-22(3)24-15-16-25-23-20-28(31-32(6,7)8)27-14-9-10-18-29(27,4)26(23)17-19-30(24,25)5/h9-10,21-28H,11-20H2,1-8H3/t22-,23+,24-,25+,26+,27-,28-,29-,30-/m1/s1. The topological polar surface area (TPSA) is 9.23 Å². The van der Waals surface area contributed by atoms with Crippen LogP contribution in [0.4, 0.5) is 0 Å². The Bertz CT molecular complexity index is 677. The first-order valence-electron chi connectivity index (χ1n) is 14.3. The number of hydrogen-bond acceptors (Lipinski definition) is 1. The molecule has 9 atom stereocenters. The molecule has 4 aliphatic carbocycles. The van der Waals surface area contributed by atoms with Crippen molar-refractivity contribution in [3.8, 4) is 0 Å². The Balaban J connectivity index is 1.55. The van der Waals surface area contributed by atoms with E-state index in [4.69, 9.17) is 4.43 Å². The molecular weight excluding hydrogens is 404 g/mol. The van der Waals surface area contributed by atoms with Crippen molar-refractivity contribution < 1.29 is 4.43 Å². The molecule has 0 N–H and O–H groups in total. The highest BCUT2D eigenvalue weighted by Gasteiger charge is 2.62. The van der Waals surface area contributed by atoms with E-state index in [9.17, 15) is 0 Å². The summed E-state index contributed by atoms with van der Waals surface area (Å²) in [5.41, 5.74) is 1.04. The Morgan fingerprint density at radius 2 is 1.62 bits per heavy atom. The van der Waals surface area contributed by atoms with Crippen LogP contribution in [0.15, 0.2) is 12.2 Å². The van der Waals surface area contributed by atoms with Gasteiger partial charge in [0, 0.05) is 6.10 Å². The van der Waals surface area contributed by atoms with Crippen molar-refractivity contribution in [2.24, 2.45) is 52.3 Å². The summed E-state index contributed by atoms with van der Waals surface area (Å²) in [4.78, 5) is 0. The van der Waals surface area contributed by atoms with E-state index < -0.39 is 8.32 Å². The van der Waals surface area contributed by atoms with Crippen LogP contribution in [0.25, 0.3) is 0 Å². The fourth-order valence-corrected chi connectivity index (χ4v) is 10.6. The Morgan fingerprint density at radius 3 is 2.31 bits per heavy atom. The van der Waals surface area contributed by atoms with E-state index in [0.29, 0.717) is 16.9 Å². The molecular formula is C30H54OSi. The molecule has 0 aliphatic heterocycles. The second kappa shape index (κ2) is 9.18. The lowest BCUT2D eigenvalue weighted by molar-refractivity contribution is -0.141. The van der Waals surface area contributed by atoms with Gasteiger partial charge in [-0.2, -0.15) is 0 Å². The van der Waals surface area contributed by atoms with Crippen molar-refractivity contribution in [2.75, 3.05) is 0 Å². The maximum Gasteiger partial charge on any atom is 0.184 e. The maximum absolute atomic E-state index is 7.00. The molecule has 0 unspecified atom stereocenters. The molecule has 184 valence electrons. The van der Waals surface area contributed by atoms with Gasteiger partial charge in [-0.15, -0.1) is 0 Å². The van der Waals surface area contributed by atoms with Gasteiger partial charge in [0.2, 0.25) is 0 Å². The quantitative estimate of drug-likeness (QED) is 0.273. The van der Waals surface area contributed by atoms with E-state index in [2.05, 4.69) is 66.4 Å². The van der Waals surface area contributed by atoms with Crippen LogP contribution in [-0.4, -0.2) is 14.4 Å². The molecule has 0 aromatic heterocycles. The molecule has 0 saturated heterocycles. The van der Waals surface area contributed by atoms with Crippen LogP contribution in [0.3, 0.4) is 0 Å². The lowest BCUT2D eigenvalue weighted by Gasteiger charge is -2.62. The average molecular weight is 459 g/mol. The molecule has 0 heterocycles. The van der Waals surface area contributed by atoms with Gasteiger partial charge < -0.3 is 4.43 Å². The van der Waals surface area contributed by atoms with Gasteiger partial charge in [0.15, 0.2) is 8.32 Å². The number of rotatable bonds is 7. The maximum atomic E-state index is 7.00. The molecule has 0 aromatic rings. The first kappa shape index (κ1) is 25.0. The minimum Gasteiger partial charge on any atom is -0.414 e. The largest absolute Gasteiger partial charge is 0.414 e. The second-order valence-corrected chi connectivity index (χ2v) is 18.9. The summed E-state index contributed by atoms with van der Waals surface area (Å²) in [6.45, 7) is 20.0. The fourth-order valence-electron chi connectivity index (χ4n) is 9.48. The van der Waals surface area contributed by atoms with Crippen molar-refractivity contribution in [2.45, 2.75) is 125 Å². The van der Waals surface area contributed by atoms with Crippen molar-refractivity contribution in [1.29, 1.82) is 0 Å². The Labute approximate surface area is 201 Å². The van der Waals surface area contributed by atoms with Gasteiger partial charge in [-0.05, 0) is 117 Å². The zero-order valence-corrected chi connectivity index (χ0v) is 23.8. The van der Waals surface area contributed by atoms with Gasteiger partial charge in [0.1, 0.15) is 0 Å². The van der Waals surface area contributed by atoms with Crippen LogP contribution >= 0.6 is 0 Å². The fraction of sp³-hybridized carbons (Fsp3) is 0.933. The van der Waals surface area contributed by atoms with Crippen LogP contribution in [0.1, 0.15) is 98.8 Å². The minimum absolute atomic E-state index is 0.463. The van der Waals surface area contributed by atoms with Gasteiger partial charge >= 0.3 is 0 Å². The lowest BCUT2D eigenvalue weighted by atomic mass is 9.44. The predicted molar refractivity (Wildman–Crippen MR) is 141 cm³/mol. The summed E-state index contributed by atoms with van der Waals surface area (Å²) in [7, 11) is -1.54. The zero-order chi connectivity index (χ0) is 23.3. The molecule has 4 rings (SSSR count). The molecule has 3 fully saturated rings. The summed E-state index contributed by atoms with van der Waals surface area (Å²) in [5, 5.41) is 0. The highest BCUT2D eigenvalue weighted by molar-refractivity contribution is 6.69. The molecule has 0 spiro atoms. The average Bonchev–Trinajstić information content (AvgIpc) is 3.04. The summed E-state index contributed by atoms with van der Waals surface area (Å²) in [6.07, 6.45) is 19.7. The van der Waals surface area contributed by atoms with Gasteiger partial charge in [0.25, 0.3) is 0 Å². The minimum atomic E-state index is -1.54. The van der Waals surface area contributed by atoms with Crippen LogP contribution in [-0.2, 0) is 4.43 Å². The number of hydrogen-bond donors (Lipinski definition) is 0. The van der Waals surface area contributed by atoms with Gasteiger partial charge in [-0.1, -0.05) is 66.0 Å². The first-order chi connectivity index (χ1) is 15.0. The summed E-state index contributed by atoms with van der Waals surface area (Å²) < 4.78 is 7.00. The highest BCUT2D eigenvalue weighted by atomic mass is 28.4. The molecule has 2 heteroatoms. The van der Waals surface area contributed by atoms with E-state index in [-0.39, 0.29) is 0 Å². The Kier molecular flexibility index (Phi) is 7.17. The molecule has 0 bridgehead atoms. The Morgan fingerprint density at radius 1 is 0.906 bits per heavy atom. The normalized spacial score (nSPS) is 44.8. The Hall–Kier alpha value is -0.0831.